The van der Waals surface area contributed by atoms with Crippen LogP contribution in [0.5, 0.6) is 5.75 Å². The molecule has 0 fully saturated rings. The lowest BCUT2D eigenvalue weighted by atomic mass is 10.0. The lowest BCUT2D eigenvalue weighted by molar-refractivity contribution is -0.128. The molecule has 0 saturated heterocycles. The van der Waals surface area contributed by atoms with Crippen molar-refractivity contribution in [2.45, 2.75) is 19.8 Å². The molecule has 1 aromatic rings. The number of carbonyl (C=O) groups excluding carboxylic acids is 1. The maximum Gasteiger partial charge on any atom is 0.236 e. The van der Waals surface area contributed by atoms with Crippen molar-refractivity contribution in [1.29, 1.82) is 0 Å². The molecule has 0 aliphatic carbocycles. The quantitative estimate of drug-likeness (QED) is 0.834. The van der Waals surface area contributed by atoms with Gasteiger partial charge in [-0.2, -0.15) is 0 Å². The maximum absolute atomic E-state index is 11.2. The first-order valence-corrected chi connectivity index (χ1v) is 6.21. The van der Waals surface area contributed by atoms with Crippen molar-refractivity contribution >= 4 is 5.91 Å². The number of benzene rings is 1. The van der Waals surface area contributed by atoms with Gasteiger partial charge >= 0.3 is 0 Å². The minimum atomic E-state index is -0.0745. The Morgan fingerprint density at radius 2 is 2.17 bits per heavy atom. The number of likely N-dealkylation sites (N-methyl/N-ethyl adjacent to an activating group) is 1. The fourth-order valence-corrected chi connectivity index (χ4v) is 1.54. The molecule has 0 aromatic heterocycles. The van der Waals surface area contributed by atoms with Gasteiger partial charge in [0.05, 0.1) is 13.1 Å². The monoisotopic (exact) mass is 250 g/mol. The van der Waals surface area contributed by atoms with E-state index in [2.05, 4.69) is 19.9 Å². The van der Waals surface area contributed by atoms with Crippen LogP contribution < -0.4 is 10.5 Å². The molecule has 0 radical (unpaired) electrons. The van der Waals surface area contributed by atoms with Gasteiger partial charge in [0, 0.05) is 7.05 Å². The second-order valence-electron chi connectivity index (χ2n) is 4.60. The van der Waals surface area contributed by atoms with Gasteiger partial charge in [0.15, 0.2) is 0 Å². The number of rotatable bonds is 6. The van der Waals surface area contributed by atoms with E-state index in [1.54, 1.807) is 11.9 Å². The van der Waals surface area contributed by atoms with Gasteiger partial charge in [0.1, 0.15) is 12.4 Å². The van der Waals surface area contributed by atoms with Crippen molar-refractivity contribution in [1.82, 2.24) is 4.90 Å². The zero-order valence-corrected chi connectivity index (χ0v) is 11.3. The van der Waals surface area contributed by atoms with E-state index in [0.717, 1.165) is 5.75 Å². The van der Waals surface area contributed by atoms with Crippen molar-refractivity contribution in [2.75, 3.05) is 26.7 Å². The van der Waals surface area contributed by atoms with Gasteiger partial charge in [-0.15, -0.1) is 0 Å². The zero-order chi connectivity index (χ0) is 13.5. The summed E-state index contributed by atoms with van der Waals surface area (Å²) in [4.78, 5) is 12.8. The van der Waals surface area contributed by atoms with Crippen LogP contribution in [-0.2, 0) is 4.79 Å². The van der Waals surface area contributed by atoms with Crippen molar-refractivity contribution in [3.05, 3.63) is 29.8 Å². The summed E-state index contributed by atoms with van der Waals surface area (Å²) in [5.41, 5.74) is 6.53. The van der Waals surface area contributed by atoms with Crippen LogP contribution in [0.1, 0.15) is 25.3 Å². The van der Waals surface area contributed by atoms with E-state index in [1.165, 1.54) is 5.56 Å². The van der Waals surface area contributed by atoms with E-state index in [1.807, 2.05) is 18.2 Å². The molecule has 0 bridgehead atoms. The molecular weight excluding hydrogens is 228 g/mol. The number of carbonyl (C=O) groups is 1. The highest BCUT2D eigenvalue weighted by molar-refractivity contribution is 5.77. The van der Waals surface area contributed by atoms with Gasteiger partial charge < -0.3 is 15.4 Å². The van der Waals surface area contributed by atoms with Gasteiger partial charge in [-0.3, -0.25) is 4.79 Å². The van der Waals surface area contributed by atoms with Crippen LogP contribution >= 0.6 is 0 Å². The molecule has 1 amide bonds. The summed E-state index contributed by atoms with van der Waals surface area (Å²) in [6.45, 7) is 5.35. The van der Waals surface area contributed by atoms with Gasteiger partial charge in [-0.05, 0) is 23.6 Å². The van der Waals surface area contributed by atoms with Crippen molar-refractivity contribution < 1.29 is 9.53 Å². The Morgan fingerprint density at radius 3 is 2.78 bits per heavy atom. The Labute approximate surface area is 109 Å². The summed E-state index contributed by atoms with van der Waals surface area (Å²) < 4.78 is 5.63. The molecule has 0 aliphatic heterocycles. The van der Waals surface area contributed by atoms with Crippen LogP contribution in [0.25, 0.3) is 0 Å². The molecule has 1 aromatic carbocycles. The third-order valence-corrected chi connectivity index (χ3v) is 2.82. The second kappa shape index (κ2) is 7.01. The highest BCUT2D eigenvalue weighted by Crippen LogP contribution is 2.19. The molecule has 0 unspecified atom stereocenters. The topological polar surface area (TPSA) is 55.6 Å². The molecule has 4 heteroatoms. The Bertz CT molecular complexity index is 391. The molecular formula is C14H22N2O2. The van der Waals surface area contributed by atoms with E-state index >= 15 is 0 Å². The van der Waals surface area contributed by atoms with E-state index in [9.17, 15) is 4.79 Å². The molecule has 1 rings (SSSR count). The normalized spacial score (nSPS) is 10.5. The van der Waals surface area contributed by atoms with Crippen LogP contribution in [0.4, 0.5) is 0 Å². The van der Waals surface area contributed by atoms with Crippen LogP contribution in [0.15, 0.2) is 24.3 Å². The Balaban J connectivity index is 2.44. The van der Waals surface area contributed by atoms with Gasteiger partial charge in [0.25, 0.3) is 0 Å². The predicted octanol–water partition coefficient (Wildman–Crippen LogP) is 1.61. The summed E-state index contributed by atoms with van der Waals surface area (Å²) in [6.07, 6.45) is 0. The molecule has 0 saturated carbocycles. The number of ether oxygens (including phenoxy) is 1. The first kappa shape index (κ1) is 14.5. The molecule has 4 nitrogen and oxygen atoms in total. The van der Waals surface area contributed by atoms with Crippen molar-refractivity contribution in [3.8, 4) is 5.75 Å². The molecule has 0 spiro atoms. The third kappa shape index (κ3) is 4.37. The van der Waals surface area contributed by atoms with Gasteiger partial charge in [-0.25, -0.2) is 0 Å². The average molecular weight is 250 g/mol. The summed E-state index contributed by atoms with van der Waals surface area (Å²) >= 11 is 0. The predicted molar refractivity (Wildman–Crippen MR) is 72.7 cm³/mol. The summed E-state index contributed by atoms with van der Waals surface area (Å²) in [6, 6.07) is 8.03. The zero-order valence-electron chi connectivity index (χ0n) is 11.3. The lowest BCUT2D eigenvalue weighted by Crippen LogP contribution is -2.35. The highest BCUT2D eigenvalue weighted by Gasteiger charge is 2.06. The Kier molecular flexibility index (Phi) is 5.65. The Hall–Kier alpha value is -1.55. The van der Waals surface area contributed by atoms with Gasteiger partial charge in [0.2, 0.25) is 5.91 Å². The van der Waals surface area contributed by atoms with Crippen LogP contribution in [0, 0.1) is 0 Å². The minimum absolute atomic E-state index is 0.0410. The first-order valence-electron chi connectivity index (χ1n) is 6.21. The van der Waals surface area contributed by atoms with Crippen LogP contribution in [0.3, 0.4) is 0 Å². The van der Waals surface area contributed by atoms with E-state index in [0.29, 0.717) is 19.1 Å². The van der Waals surface area contributed by atoms with Crippen molar-refractivity contribution in [2.24, 2.45) is 5.73 Å². The largest absolute Gasteiger partial charge is 0.492 e. The maximum atomic E-state index is 11.2. The summed E-state index contributed by atoms with van der Waals surface area (Å²) in [5, 5.41) is 0. The molecule has 0 atom stereocenters. The van der Waals surface area contributed by atoms with E-state index < -0.39 is 0 Å². The van der Waals surface area contributed by atoms with Crippen LogP contribution in [-0.4, -0.2) is 37.6 Å². The summed E-state index contributed by atoms with van der Waals surface area (Å²) in [5.74, 6) is 1.25. The highest BCUT2D eigenvalue weighted by atomic mass is 16.5. The minimum Gasteiger partial charge on any atom is -0.492 e. The second-order valence-corrected chi connectivity index (χ2v) is 4.60. The fraction of sp³-hybridized carbons (Fsp3) is 0.500. The smallest absolute Gasteiger partial charge is 0.236 e. The average Bonchev–Trinajstić information content (AvgIpc) is 2.38. The van der Waals surface area contributed by atoms with Crippen LogP contribution in [0.2, 0.25) is 0 Å². The molecule has 2 N–H and O–H groups in total. The first-order chi connectivity index (χ1) is 8.54. The standard InChI is InChI=1S/C14H22N2O2/c1-11(2)12-5-4-6-13(9-12)18-8-7-16(3)14(17)10-15/h4-6,9,11H,7-8,10,15H2,1-3H3. The SMILES string of the molecule is CC(C)c1cccc(OCCN(C)C(=O)CN)c1. The lowest BCUT2D eigenvalue weighted by Gasteiger charge is -2.16. The van der Waals surface area contributed by atoms with E-state index in [4.69, 9.17) is 10.5 Å². The number of nitrogens with zero attached hydrogens (tertiary/aromatic N) is 1. The van der Waals surface area contributed by atoms with Crippen molar-refractivity contribution in [3.63, 3.8) is 0 Å². The number of hydrogen-bond donors (Lipinski definition) is 1. The van der Waals surface area contributed by atoms with E-state index in [-0.39, 0.29) is 12.5 Å². The number of nitrogens with two attached hydrogens (primary N) is 1. The van der Waals surface area contributed by atoms with Gasteiger partial charge in [-0.1, -0.05) is 26.0 Å². The molecule has 100 valence electrons. The fourth-order valence-electron chi connectivity index (χ4n) is 1.54. The molecule has 18 heavy (non-hydrogen) atoms. The molecule has 0 heterocycles. The Morgan fingerprint density at radius 1 is 1.44 bits per heavy atom. The third-order valence-electron chi connectivity index (χ3n) is 2.82. The number of amides is 1. The summed E-state index contributed by atoms with van der Waals surface area (Å²) in [7, 11) is 1.73. The molecule has 0 aliphatic rings. The number of hydrogen-bond acceptors (Lipinski definition) is 3.